The predicted molar refractivity (Wildman–Crippen MR) is 114 cm³/mol. The Balaban J connectivity index is 1.75. The molecule has 2 atom stereocenters. The Labute approximate surface area is 183 Å². The molecule has 2 saturated heterocycles. The lowest BCUT2D eigenvalue weighted by Gasteiger charge is -2.24. The van der Waals surface area contributed by atoms with Crippen molar-refractivity contribution in [2.45, 2.75) is 44.1 Å². The van der Waals surface area contributed by atoms with Gasteiger partial charge in [0.05, 0.1) is 23.2 Å². The molecule has 8 nitrogen and oxygen atoms in total. The number of rotatable bonds is 4. The number of sulfone groups is 1. The zero-order valence-electron chi connectivity index (χ0n) is 17.2. The van der Waals surface area contributed by atoms with Crippen LogP contribution in [-0.4, -0.2) is 60.5 Å². The van der Waals surface area contributed by atoms with Crippen LogP contribution in [0.5, 0.6) is 0 Å². The fraction of sp³-hybridized carbons (Fsp3) is 0.526. The Morgan fingerprint density at radius 1 is 1.29 bits per heavy atom. The van der Waals surface area contributed by atoms with Crippen LogP contribution in [0.15, 0.2) is 23.2 Å². The monoisotopic (exact) mass is 475 g/mol. The lowest BCUT2D eigenvalue weighted by Crippen LogP contribution is -2.38. The molecule has 2 aliphatic rings. The third kappa shape index (κ3) is 5.94. The van der Waals surface area contributed by atoms with Gasteiger partial charge in [-0.1, -0.05) is 11.8 Å². The molecule has 12 heteroatoms. The third-order valence-electron chi connectivity index (χ3n) is 4.46. The summed E-state index contributed by atoms with van der Waals surface area (Å²) in [6.07, 6.45) is -0.797. The van der Waals surface area contributed by atoms with Crippen molar-refractivity contribution in [1.82, 2.24) is 5.32 Å². The molecule has 0 spiro atoms. The smallest absolute Gasteiger partial charge is 0.407 e. The van der Waals surface area contributed by atoms with Crippen LogP contribution in [0.2, 0.25) is 0 Å². The van der Waals surface area contributed by atoms with Gasteiger partial charge in [0.1, 0.15) is 17.2 Å². The number of hydrogen-bond acceptors (Lipinski definition) is 6. The van der Waals surface area contributed by atoms with E-state index in [9.17, 15) is 26.8 Å². The molecule has 3 rings (SSSR count). The number of anilines is 1. The van der Waals surface area contributed by atoms with Crippen LogP contribution in [-0.2, 0) is 19.4 Å². The fourth-order valence-corrected chi connectivity index (χ4v) is 7.20. The first-order chi connectivity index (χ1) is 14.3. The quantitative estimate of drug-likeness (QED) is 0.713. The van der Waals surface area contributed by atoms with Crippen LogP contribution in [0.1, 0.15) is 27.2 Å². The first-order valence-corrected chi connectivity index (χ1v) is 12.2. The standard InChI is InChI=1S/C19H23F2N3O5S2/c1-19(2,3)29-18(26)22-7-6-16(25)23-17-24(13-5-4-11(20)8-12(13)21)14-9-31(27,28)10-15(14)30-17/h4-5,8,14-15H,6-7,9-10H2,1-3H3,(H,22,26). The molecule has 1 aromatic rings. The van der Waals surface area contributed by atoms with E-state index in [0.717, 1.165) is 17.8 Å². The lowest BCUT2D eigenvalue weighted by atomic mass is 10.2. The molecule has 0 bridgehead atoms. The lowest BCUT2D eigenvalue weighted by molar-refractivity contribution is -0.117. The fourth-order valence-electron chi connectivity index (χ4n) is 3.27. The number of hydrogen-bond donors (Lipinski definition) is 1. The van der Waals surface area contributed by atoms with Gasteiger partial charge in [0.25, 0.3) is 0 Å². The number of thioether (sulfide) groups is 1. The van der Waals surface area contributed by atoms with Crippen molar-refractivity contribution in [3.8, 4) is 0 Å². The summed E-state index contributed by atoms with van der Waals surface area (Å²) in [6.45, 7) is 5.12. The molecule has 2 fully saturated rings. The number of amides is 2. The maximum Gasteiger partial charge on any atom is 0.407 e. The van der Waals surface area contributed by atoms with E-state index in [4.69, 9.17) is 4.74 Å². The summed E-state index contributed by atoms with van der Waals surface area (Å²) in [7, 11) is -3.32. The Kier molecular flexibility index (Phi) is 6.61. The highest BCUT2D eigenvalue weighted by atomic mass is 32.2. The van der Waals surface area contributed by atoms with Gasteiger partial charge in [-0.25, -0.2) is 22.0 Å². The summed E-state index contributed by atoms with van der Waals surface area (Å²) in [5.41, 5.74) is -0.718. The van der Waals surface area contributed by atoms with E-state index < -0.39 is 50.4 Å². The van der Waals surface area contributed by atoms with E-state index in [-0.39, 0.29) is 35.3 Å². The number of benzene rings is 1. The molecule has 0 radical (unpaired) electrons. The molecule has 2 unspecified atom stereocenters. The van der Waals surface area contributed by atoms with Gasteiger partial charge < -0.3 is 15.0 Å². The minimum atomic E-state index is -3.32. The van der Waals surface area contributed by atoms with Gasteiger partial charge in [-0.2, -0.15) is 4.99 Å². The summed E-state index contributed by atoms with van der Waals surface area (Å²) in [5.74, 6) is -2.55. The second-order valence-electron chi connectivity index (χ2n) is 8.23. The van der Waals surface area contributed by atoms with Gasteiger partial charge in [-0.05, 0) is 32.9 Å². The van der Waals surface area contributed by atoms with Crippen molar-refractivity contribution in [3.63, 3.8) is 0 Å². The zero-order valence-corrected chi connectivity index (χ0v) is 18.9. The maximum absolute atomic E-state index is 14.4. The molecule has 2 aliphatic heterocycles. The van der Waals surface area contributed by atoms with Gasteiger partial charge in [-0.15, -0.1) is 0 Å². The molecule has 2 amide bonds. The van der Waals surface area contributed by atoms with E-state index in [1.165, 1.54) is 11.0 Å². The number of aliphatic imine (C=N–C) groups is 1. The molecular weight excluding hydrogens is 452 g/mol. The predicted octanol–water partition coefficient (Wildman–Crippen LogP) is 2.48. The summed E-state index contributed by atoms with van der Waals surface area (Å²) in [5, 5.41) is 2.19. The highest BCUT2D eigenvalue weighted by Gasteiger charge is 2.50. The van der Waals surface area contributed by atoms with Crippen molar-refractivity contribution in [2.24, 2.45) is 4.99 Å². The van der Waals surface area contributed by atoms with Crippen LogP contribution in [0.3, 0.4) is 0 Å². The number of ether oxygens (including phenoxy) is 1. The van der Waals surface area contributed by atoms with Gasteiger partial charge in [0, 0.05) is 24.3 Å². The van der Waals surface area contributed by atoms with Crippen LogP contribution in [0, 0.1) is 11.6 Å². The van der Waals surface area contributed by atoms with E-state index in [1.54, 1.807) is 20.8 Å². The van der Waals surface area contributed by atoms with Crippen LogP contribution < -0.4 is 10.2 Å². The van der Waals surface area contributed by atoms with E-state index >= 15 is 0 Å². The Morgan fingerprint density at radius 2 is 2.00 bits per heavy atom. The van der Waals surface area contributed by atoms with Crippen molar-refractivity contribution < 1.29 is 31.5 Å². The van der Waals surface area contributed by atoms with Crippen LogP contribution in [0.4, 0.5) is 19.3 Å². The summed E-state index contributed by atoms with van der Waals surface area (Å²) in [6, 6.07) is 2.34. The zero-order chi connectivity index (χ0) is 23.0. The SMILES string of the molecule is CC(C)(C)OC(=O)NCCC(=O)N=C1SC2CS(=O)(=O)CC2N1c1ccc(F)cc1F. The van der Waals surface area contributed by atoms with Crippen molar-refractivity contribution in [1.29, 1.82) is 0 Å². The normalized spacial score (nSPS) is 23.6. The average molecular weight is 476 g/mol. The first-order valence-electron chi connectivity index (χ1n) is 9.54. The summed E-state index contributed by atoms with van der Waals surface area (Å²) >= 11 is 1.08. The molecule has 1 N–H and O–H groups in total. The van der Waals surface area contributed by atoms with Gasteiger partial charge in [0.2, 0.25) is 5.91 Å². The third-order valence-corrected chi connectivity index (χ3v) is 7.67. The molecule has 170 valence electrons. The number of amidine groups is 1. The first kappa shape index (κ1) is 23.5. The van der Waals surface area contributed by atoms with Crippen molar-refractivity contribution in [2.75, 3.05) is 23.0 Å². The molecule has 1 aromatic carbocycles. The largest absolute Gasteiger partial charge is 0.444 e. The maximum atomic E-state index is 14.4. The van der Waals surface area contributed by atoms with Gasteiger partial charge >= 0.3 is 6.09 Å². The Hall–Kier alpha value is -2.21. The minimum Gasteiger partial charge on any atom is -0.444 e. The van der Waals surface area contributed by atoms with Crippen LogP contribution >= 0.6 is 11.8 Å². The van der Waals surface area contributed by atoms with E-state index in [2.05, 4.69) is 10.3 Å². The van der Waals surface area contributed by atoms with Gasteiger partial charge in [0.15, 0.2) is 15.0 Å². The Morgan fingerprint density at radius 3 is 2.65 bits per heavy atom. The Bertz CT molecular complexity index is 1020. The van der Waals surface area contributed by atoms with E-state index in [1.807, 2.05) is 0 Å². The molecule has 0 aliphatic carbocycles. The number of carbonyl (C=O) groups excluding carboxylic acids is 2. The summed E-state index contributed by atoms with van der Waals surface area (Å²) < 4.78 is 57.0. The molecule has 0 aromatic heterocycles. The van der Waals surface area contributed by atoms with Crippen molar-refractivity contribution in [3.05, 3.63) is 29.8 Å². The molecule has 31 heavy (non-hydrogen) atoms. The van der Waals surface area contributed by atoms with Crippen molar-refractivity contribution >= 4 is 44.5 Å². The number of fused-ring (bicyclic) bond motifs is 1. The molecular formula is C19H23F2N3O5S2. The second kappa shape index (κ2) is 8.73. The molecule has 0 saturated carbocycles. The van der Waals surface area contributed by atoms with Gasteiger partial charge in [-0.3, -0.25) is 4.79 Å². The minimum absolute atomic E-state index is 0.0126. The number of carbonyl (C=O) groups is 2. The van der Waals surface area contributed by atoms with Crippen LogP contribution in [0.25, 0.3) is 0 Å². The average Bonchev–Trinajstić information content (AvgIpc) is 3.04. The number of halogens is 2. The molecule has 2 heterocycles. The topological polar surface area (TPSA) is 105 Å². The summed E-state index contributed by atoms with van der Waals surface area (Å²) in [4.78, 5) is 29.4. The second-order valence-corrected chi connectivity index (χ2v) is 11.6. The van der Waals surface area contributed by atoms with E-state index in [0.29, 0.717) is 6.07 Å². The number of alkyl carbamates (subject to hydrolysis) is 1. The highest BCUT2D eigenvalue weighted by molar-refractivity contribution is 8.16. The number of nitrogens with zero attached hydrogens (tertiary/aromatic N) is 2. The number of nitrogens with one attached hydrogen (secondary N) is 1. The highest BCUT2D eigenvalue weighted by Crippen LogP contribution is 2.41.